The molecule has 0 amide bonds. The van der Waals surface area contributed by atoms with Gasteiger partial charge in [0.05, 0.1) is 0 Å². The first-order valence-corrected chi connectivity index (χ1v) is 19.6. The molecule has 0 aliphatic heterocycles. The third-order valence-electron chi connectivity index (χ3n) is 9.46. The summed E-state index contributed by atoms with van der Waals surface area (Å²) in [5.41, 5.74) is 1.55. The minimum Gasteiger partial charge on any atom is -0.303 e. The molecule has 0 atom stereocenters. The van der Waals surface area contributed by atoms with E-state index >= 15 is 0 Å². The summed E-state index contributed by atoms with van der Waals surface area (Å²) in [5, 5.41) is 0. The van der Waals surface area contributed by atoms with Gasteiger partial charge in [0.1, 0.15) is 0 Å². The van der Waals surface area contributed by atoms with Crippen LogP contribution in [0.15, 0.2) is 12.2 Å². The van der Waals surface area contributed by atoms with Crippen molar-refractivity contribution in [1.29, 1.82) is 0 Å². The molecule has 0 heterocycles. The summed E-state index contributed by atoms with van der Waals surface area (Å²) in [6, 6.07) is 0. The quantitative estimate of drug-likeness (QED) is 0.0536. The fraction of sp³-hybridized carbons (Fsp3) is 0.950. The maximum absolute atomic E-state index is 4.51. The monoisotopic (exact) mass is 576 g/mol. The van der Waals surface area contributed by atoms with E-state index in [1.165, 1.54) is 212 Å². The maximum atomic E-state index is 4.51. The van der Waals surface area contributed by atoms with Crippen LogP contribution in [0.3, 0.4) is 0 Å². The lowest BCUT2D eigenvalue weighted by atomic mass is 9.88. The molecule has 1 nitrogen and oxygen atoms in total. The van der Waals surface area contributed by atoms with Crippen molar-refractivity contribution in [3.8, 4) is 0 Å². The second kappa shape index (κ2) is 34.2. The van der Waals surface area contributed by atoms with Gasteiger partial charge in [0.2, 0.25) is 0 Å². The smallest absolute Gasteiger partial charge is 0.00187 e. The second-order valence-electron chi connectivity index (χ2n) is 13.7. The summed E-state index contributed by atoms with van der Waals surface area (Å²) in [4.78, 5) is 2.75. The van der Waals surface area contributed by atoms with Gasteiger partial charge in [-0.2, -0.15) is 0 Å². The van der Waals surface area contributed by atoms with E-state index in [9.17, 15) is 0 Å². The highest BCUT2D eigenvalue weighted by molar-refractivity contribution is 4.94. The summed E-state index contributed by atoms with van der Waals surface area (Å²) in [6.07, 6.45) is 42.5. The molecule has 0 aromatic heterocycles. The van der Waals surface area contributed by atoms with Crippen molar-refractivity contribution < 1.29 is 0 Å². The van der Waals surface area contributed by atoms with Crippen molar-refractivity contribution in [3.63, 3.8) is 0 Å². The average Bonchev–Trinajstić information content (AvgIpc) is 2.97. The molecule has 0 aromatic carbocycles. The van der Waals surface area contributed by atoms with Crippen LogP contribution in [0.25, 0.3) is 0 Å². The van der Waals surface area contributed by atoms with E-state index in [0.717, 1.165) is 5.92 Å². The fourth-order valence-electron chi connectivity index (χ4n) is 6.58. The Morgan fingerprint density at radius 2 is 0.780 bits per heavy atom. The summed E-state index contributed by atoms with van der Waals surface area (Å²) in [5.74, 6) is 0.955. The standard InChI is InChI=1S/C40H81N/c1-6-10-13-16-19-24-29-37-41(36-9-4)38-30-25-20-21-26-31-39(5)34-35-40(32-27-22-17-14-11-7-2)33-28-23-18-15-12-8-3/h40H,5-38H2,1-4H3. The summed E-state index contributed by atoms with van der Waals surface area (Å²) >= 11 is 0. The Bertz CT molecular complexity index is 481. The summed E-state index contributed by atoms with van der Waals surface area (Å²) in [7, 11) is 0. The van der Waals surface area contributed by atoms with Crippen LogP contribution in [0, 0.1) is 5.92 Å². The molecule has 0 bridgehead atoms. The lowest BCUT2D eigenvalue weighted by Crippen LogP contribution is -2.27. The van der Waals surface area contributed by atoms with E-state index in [1.807, 2.05) is 0 Å². The van der Waals surface area contributed by atoms with Gasteiger partial charge in [0.25, 0.3) is 0 Å². The first kappa shape index (κ1) is 40.7. The van der Waals surface area contributed by atoms with Crippen LogP contribution in [-0.2, 0) is 0 Å². The summed E-state index contributed by atoms with van der Waals surface area (Å²) in [6.45, 7) is 17.8. The molecule has 0 saturated carbocycles. The van der Waals surface area contributed by atoms with Gasteiger partial charge in [-0.05, 0) is 70.5 Å². The van der Waals surface area contributed by atoms with E-state index in [4.69, 9.17) is 0 Å². The molecule has 0 aliphatic carbocycles. The highest BCUT2D eigenvalue weighted by atomic mass is 15.1. The van der Waals surface area contributed by atoms with Crippen LogP contribution in [-0.4, -0.2) is 24.5 Å². The van der Waals surface area contributed by atoms with Crippen molar-refractivity contribution in [2.75, 3.05) is 19.6 Å². The van der Waals surface area contributed by atoms with Crippen molar-refractivity contribution in [3.05, 3.63) is 12.2 Å². The van der Waals surface area contributed by atoms with Gasteiger partial charge in [0.15, 0.2) is 0 Å². The predicted octanol–water partition coefficient (Wildman–Crippen LogP) is 14.2. The van der Waals surface area contributed by atoms with E-state index < -0.39 is 0 Å². The van der Waals surface area contributed by atoms with E-state index in [2.05, 4.69) is 39.2 Å². The molecule has 41 heavy (non-hydrogen) atoms. The normalized spacial score (nSPS) is 11.8. The third kappa shape index (κ3) is 30.9. The maximum Gasteiger partial charge on any atom is -0.00187 e. The van der Waals surface area contributed by atoms with Gasteiger partial charge < -0.3 is 4.90 Å². The zero-order valence-electron chi connectivity index (χ0n) is 29.6. The zero-order valence-corrected chi connectivity index (χ0v) is 29.6. The number of nitrogens with zero attached hydrogens (tertiary/aromatic N) is 1. The average molecular weight is 576 g/mol. The molecular weight excluding hydrogens is 494 g/mol. The Kier molecular flexibility index (Phi) is 33.9. The van der Waals surface area contributed by atoms with E-state index in [-0.39, 0.29) is 0 Å². The third-order valence-corrected chi connectivity index (χ3v) is 9.46. The van der Waals surface area contributed by atoms with Crippen LogP contribution in [0.1, 0.15) is 220 Å². The van der Waals surface area contributed by atoms with Crippen LogP contribution in [0.5, 0.6) is 0 Å². The second-order valence-corrected chi connectivity index (χ2v) is 13.7. The van der Waals surface area contributed by atoms with E-state index in [1.54, 1.807) is 5.57 Å². The van der Waals surface area contributed by atoms with Crippen LogP contribution in [0.2, 0.25) is 0 Å². The highest BCUT2D eigenvalue weighted by Gasteiger charge is 2.10. The molecule has 246 valence electrons. The van der Waals surface area contributed by atoms with Gasteiger partial charge >= 0.3 is 0 Å². The molecule has 0 radical (unpaired) electrons. The van der Waals surface area contributed by atoms with Gasteiger partial charge in [0, 0.05) is 0 Å². The number of unbranched alkanes of at least 4 members (excludes halogenated alkanes) is 20. The Hall–Kier alpha value is -0.300. The largest absolute Gasteiger partial charge is 0.303 e. The van der Waals surface area contributed by atoms with Crippen molar-refractivity contribution in [2.24, 2.45) is 5.92 Å². The SMILES string of the molecule is C=C(CCCCCCCN(CCC)CCCCCCCCC)CCC(CCCCCCCC)CCCCCCCC. The molecule has 1 heteroatoms. The van der Waals surface area contributed by atoms with Crippen molar-refractivity contribution >= 4 is 0 Å². The minimum atomic E-state index is 0.955. The molecule has 0 spiro atoms. The van der Waals surface area contributed by atoms with Crippen LogP contribution in [0.4, 0.5) is 0 Å². The molecule has 0 aliphatic rings. The predicted molar refractivity (Wildman–Crippen MR) is 190 cm³/mol. The number of allylic oxidation sites excluding steroid dienone is 1. The molecule has 0 N–H and O–H groups in total. The molecule has 0 unspecified atom stereocenters. The minimum absolute atomic E-state index is 0.955. The van der Waals surface area contributed by atoms with Gasteiger partial charge in [-0.1, -0.05) is 188 Å². The molecule has 0 aromatic rings. The number of hydrogen-bond donors (Lipinski definition) is 0. The van der Waals surface area contributed by atoms with Crippen molar-refractivity contribution in [2.45, 2.75) is 220 Å². The van der Waals surface area contributed by atoms with Crippen molar-refractivity contribution in [1.82, 2.24) is 4.90 Å². The molecular formula is C40H81N. The van der Waals surface area contributed by atoms with Gasteiger partial charge in [-0.25, -0.2) is 0 Å². The van der Waals surface area contributed by atoms with Crippen LogP contribution >= 0.6 is 0 Å². The van der Waals surface area contributed by atoms with Gasteiger partial charge in [-0.3, -0.25) is 0 Å². The molecule has 0 saturated heterocycles. The van der Waals surface area contributed by atoms with Gasteiger partial charge in [-0.15, -0.1) is 0 Å². The Morgan fingerprint density at radius 1 is 0.390 bits per heavy atom. The summed E-state index contributed by atoms with van der Waals surface area (Å²) < 4.78 is 0. The fourth-order valence-corrected chi connectivity index (χ4v) is 6.58. The number of hydrogen-bond acceptors (Lipinski definition) is 1. The zero-order chi connectivity index (χ0) is 30.1. The first-order valence-electron chi connectivity index (χ1n) is 19.6. The first-order chi connectivity index (χ1) is 20.2. The lowest BCUT2D eigenvalue weighted by Gasteiger charge is -2.21. The number of rotatable bonds is 35. The van der Waals surface area contributed by atoms with Crippen LogP contribution < -0.4 is 0 Å². The molecule has 0 fully saturated rings. The molecule has 0 rings (SSSR count). The topological polar surface area (TPSA) is 3.24 Å². The Morgan fingerprint density at radius 3 is 1.22 bits per heavy atom. The van der Waals surface area contributed by atoms with E-state index in [0.29, 0.717) is 0 Å². The highest BCUT2D eigenvalue weighted by Crippen LogP contribution is 2.26. The Labute approximate surface area is 262 Å². The Balaban J connectivity index is 3.99. The lowest BCUT2D eigenvalue weighted by molar-refractivity contribution is 0.260.